The van der Waals surface area contributed by atoms with Crippen LogP contribution in [-0.2, 0) is 0 Å². The van der Waals surface area contributed by atoms with E-state index >= 15 is 0 Å². The molecule has 0 aliphatic rings. The molecule has 2 aromatic rings. The minimum absolute atomic E-state index is 0.403. The molecular formula is C10H7ClN2O. The molecule has 1 heterocycles. The first-order valence-electron chi connectivity index (χ1n) is 4.01. The van der Waals surface area contributed by atoms with Gasteiger partial charge in [0.1, 0.15) is 0 Å². The van der Waals surface area contributed by atoms with Gasteiger partial charge in [0, 0.05) is 10.6 Å². The minimum Gasteiger partial charge on any atom is -0.334 e. The molecule has 70 valence electrons. The summed E-state index contributed by atoms with van der Waals surface area (Å²) >= 11 is 5.83. The third-order valence-corrected chi connectivity index (χ3v) is 1.93. The van der Waals surface area contributed by atoms with Gasteiger partial charge in [-0.2, -0.15) is 4.98 Å². The van der Waals surface area contributed by atoms with Crippen LogP contribution in [-0.4, -0.2) is 10.1 Å². The van der Waals surface area contributed by atoms with E-state index < -0.39 is 0 Å². The average Bonchev–Trinajstić information content (AvgIpc) is 2.66. The van der Waals surface area contributed by atoms with Crippen molar-refractivity contribution in [1.29, 1.82) is 0 Å². The number of hydrogen-bond donors (Lipinski definition) is 0. The summed E-state index contributed by atoms with van der Waals surface area (Å²) in [6.07, 6.45) is 1.50. The lowest BCUT2D eigenvalue weighted by Gasteiger charge is -1.93. The fraction of sp³-hybridized carbons (Fsp3) is 0. The average molecular weight is 207 g/mol. The van der Waals surface area contributed by atoms with E-state index in [1.807, 2.05) is 12.1 Å². The number of hydrogen-bond acceptors (Lipinski definition) is 3. The summed E-state index contributed by atoms with van der Waals surface area (Å²) in [4.78, 5) is 4.09. The molecule has 0 unspecified atom stereocenters. The Morgan fingerprint density at radius 2 is 2.29 bits per heavy atom. The molecule has 0 atom stereocenters. The van der Waals surface area contributed by atoms with Gasteiger partial charge in [-0.1, -0.05) is 35.5 Å². The Labute approximate surface area is 86.0 Å². The number of halogens is 1. The SMILES string of the molecule is C=Cc1nc(-c2cccc(Cl)c2)no1. The van der Waals surface area contributed by atoms with Gasteiger partial charge < -0.3 is 4.52 Å². The highest BCUT2D eigenvalue weighted by Crippen LogP contribution is 2.19. The smallest absolute Gasteiger partial charge is 0.250 e. The summed E-state index contributed by atoms with van der Waals surface area (Å²) in [6, 6.07) is 7.27. The predicted molar refractivity (Wildman–Crippen MR) is 54.8 cm³/mol. The number of aromatic nitrogens is 2. The summed E-state index contributed by atoms with van der Waals surface area (Å²) in [6.45, 7) is 3.53. The van der Waals surface area contributed by atoms with Crippen LogP contribution in [0.25, 0.3) is 17.5 Å². The lowest BCUT2D eigenvalue weighted by Crippen LogP contribution is -1.79. The number of rotatable bonds is 2. The molecule has 0 aliphatic heterocycles. The lowest BCUT2D eigenvalue weighted by atomic mass is 10.2. The van der Waals surface area contributed by atoms with E-state index in [1.54, 1.807) is 12.1 Å². The van der Waals surface area contributed by atoms with Crippen LogP contribution in [0.2, 0.25) is 5.02 Å². The van der Waals surface area contributed by atoms with Gasteiger partial charge in [0.15, 0.2) is 0 Å². The first-order chi connectivity index (χ1) is 6.79. The molecule has 14 heavy (non-hydrogen) atoms. The van der Waals surface area contributed by atoms with E-state index in [-0.39, 0.29) is 0 Å². The standard InChI is InChI=1S/C10H7ClN2O/c1-2-9-12-10(13-14-9)7-4-3-5-8(11)6-7/h2-6H,1H2. The van der Waals surface area contributed by atoms with Crippen LogP contribution in [0, 0.1) is 0 Å². The number of benzene rings is 1. The van der Waals surface area contributed by atoms with Gasteiger partial charge in [0.25, 0.3) is 0 Å². The van der Waals surface area contributed by atoms with Crippen LogP contribution in [0.4, 0.5) is 0 Å². The zero-order valence-corrected chi connectivity index (χ0v) is 8.03. The maximum atomic E-state index is 5.83. The fourth-order valence-corrected chi connectivity index (χ4v) is 1.25. The summed E-state index contributed by atoms with van der Waals surface area (Å²) in [5, 5.41) is 4.43. The van der Waals surface area contributed by atoms with Gasteiger partial charge in [-0.25, -0.2) is 0 Å². The molecule has 0 radical (unpaired) electrons. The quantitative estimate of drug-likeness (QED) is 0.758. The predicted octanol–water partition coefficient (Wildman–Crippen LogP) is 3.03. The van der Waals surface area contributed by atoms with Crippen molar-refractivity contribution in [2.45, 2.75) is 0 Å². The molecule has 0 bridgehead atoms. The zero-order valence-electron chi connectivity index (χ0n) is 7.27. The maximum absolute atomic E-state index is 5.83. The third kappa shape index (κ3) is 1.67. The first kappa shape index (κ1) is 8.97. The van der Waals surface area contributed by atoms with Crippen molar-refractivity contribution in [2.24, 2.45) is 0 Å². The van der Waals surface area contributed by atoms with Gasteiger partial charge in [0.05, 0.1) is 0 Å². The molecule has 4 heteroatoms. The second kappa shape index (κ2) is 3.64. The zero-order chi connectivity index (χ0) is 9.97. The summed E-state index contributed by atoms with van der Waals surface area (Å²) < 4.78 is 4.89. The van der Waals surface area contributed by atoms with Crippen molar-refractivity contribution >= 4 is 17.7 Å². The largest absolute Gasteiger partial charge is 0.334 e. The van der Waals surface area contributed by atoms with Crippen LogP contribution < -0.4 is 0 Å². The Balaban J connectivity index is 2.43. The highest BCUT2D eigenvalue weighted by molar-refractivity contribution is 6.30. The first-order valence-corrected chi connectivity index (χ1v) is 4.39. The monoisotopic (exact) mass is 206 g/mol. The van der Waals surface area contributed by atoms with Crippen LogP contribution >= 0.6 is 11.6 Å². The van der Waals surface area contributed by atoms with Gasteiger partial charge in [0.2, 0.25) is 11.7 Å². The Morgan fingerprint density at radius 3 is 2.93 bits per heavy atom. The molecule has 0 saturated carbocycles. The van der Waals surface area contributed by atoms with E-state index in [9.17, 15) is 0 Å². The van der Waals surface area contributed by atoms with Crippen molar-refractivity contribution in [1.82, 2.24) is 10.1 Å². The molecule has 2 rings (SSSR count). The van der Waals surface area contributed by atoms with E-state index in [1.165, 1.54) is 6.08 Å². The van der Waals surface area contributed by atoms with Crippen molar-refractivity contribution in [3.05, 3.63) is 41.8 Å². The molecule has 0 saturated heterocycles. The fourth-order valence-electron chi connectivity index (χ4n) is 1.06. The van der Waals surface area contributed by atoms with E-state index in [0.29, 0.717) is 16.7 Å². The molecule has 1 aromatic carbocycles. The van der Waals surface area contributed by atoms with Gasteiger partial charge in [-0.3, -0.25) is 0 Å². The molecule has 0 N–H and O–H groups in total. The molecule has 0 fully saturated rings. The van der Waals surface area contributed by atoms with Crippen LogP contribution in [0.5, 0.6) is 0 Å². The van der Waals surface area contributed by atoms with E-state index in [0.717, 1.165) is 5.56 Å². The van der Waals surface area contributed by atoms with E-state index in [2.05, 4.69) is 16.7 Å². The molecule has 0 aliphatic carbocycles. The van der Waals surface area contributed by atoms with Gasteiger partial charge in [-0.15, -0.1) is 0 Å². The normalized spacial score (nSPS) is 10.1. The Bertz CT molecular complexity index is 465. The van der Waals surface area contributed by atoms with Crippen molar-refractivity contribution in [2.75, 3.05) is 0 Å². The van der Waals surface area contributed by atoms with E-state index in [4.69, 9.17) is 16.1 Å². The van der Waals surface area contributed by atoms with Gasteiger partial charge in [-0.05, 0) is 18.2 Å². The van der Waals surface area contributed by atoms with Crippen molar-refractivity contribution in [3.8, 4) is 11.4 Å². The van der Waals surface area contributed by atoms with Crippen LogP contribution in [0.1, 0.15) is 5.89 Å². The molecular weight excluding hydrogens is 200 g/mol. The number of nitrogens with zero attached hydrogens (tertiary/aromatic N) is 2. The summed E-state index contributed by atoms with van der Waals surface area (Å²) in [5.74, 6) is 0.919. The second-order valence-corrected chi connectivity index (χ2v) is 3.11. The Kier molecular flexibility index (Phi) is 2.33. The van der Waals surface area contributed by atoms with Crippen LogP contribution in [0.3, 0.4) is 0 Å². The lowest BCUT2D eigenvalue weighted by molar-refractivity contribution is 0.411. The van der Waals surface area contributed by atoms with Crippen molar-refractivity contribution < 1.29 is 4.52 Å². The second-order valence-electron chi connectivity index (χ2n) is 2.67. The summed E-state index contributed by atoms with van der Waals surface area (Å²) in [7, 11) is 0. The Hall–Kier alpha value is -1.61. The Morgan fingerprint density at radius 1 is 1.43 bits per heavy atom. The third-order valence-electron chi connectivity index (χ3n) is 1.70. The van der Waals surface area contributed by atoms with Crippen molar-refractivity contribution in [3.63, 3.8) is 0 Å². The highest BCUT2D eigenvalue weighted by atomic mass is 35.5. The minimum atomic E-state index is 0.403. The van der Waals surface area contributed by atoms with Gasteiger partial charge >= 0.3 is 0 Å². The topological polar surface area (TPSA) is 38.9 Å². The molecule has 0 spiro atoms. The molecule has 1 aromatic heterocycles. The molecule has 3 nitrogen and oxygen atoms in total. The molecule has 0 amide bonds. The maximum Gasteiger partial charge on any atom is 0.250 e. The summed E-state index contributed by atoms with van der Waals surface area (Å²) in [5.41, 5.74) is 0.828. The highest BCUT2D eigenvalue weighted by Gasteiger charge is 2.05. The van der Waals surface area contributed by atoms with Crippen LogP contribution in [0.15, 0.2) is 35.4 Å².